The van der Waals surface area contributed by atoms with Gasteiger partial charge >= 0.3 is 7.75 Å². The summed E-state index contributed by atoms with van der Waals surface area (Å²) >= 11 is 0. The number of para-hydroxylation sites is 2. The van der Waals surface area contributed by atoms with E-state index < -0.39 is 13.2 Å². The maximum Gasteiger partial charge on any atom is 0.565 e. The first-order valence-electron chi connectivity index (χ1n) is 11.0. The Bertz CT molecular complexity index is 1030. The largest absolute Gasteiger partial charge is 0.565 e. The normalized spacial score (nSPS) is 14.9. The van der Waals surface area contributed by atoms with E-state index in [1.54, 1.807) is 24.3 Å². The molecule has 4 rings (SSSR count). The number of rotatable bonds is 7. The van der Waals surface area contributed by atoms with Crippen LogP contribution < -0.4 is 9.05 Å². The van der Waals surface area contributed by atoms with Gasteiger partial charge in [0.1, 0.15) is 17.3 Å². The summed E-state index contributed by atoms with van der Waals surface area (Å²) in [5, 5.41) is 0. The maximum atomic E-state index is 14.1. The molecule has 0 N–H and O–H groups in total. The van der Waals surface area contributed by atoms with Crippen LogP contribution >= 0.6 is 7.75 Å². The highest BCUT2D eigenvalue weighted by Crippen LogP contribution is 2.51. The molecule has 0 saturated carbocycles. The van der Waals surface area contributed by atoms with E-state index >= 15 is 0 Å². The molecule has 3 aromatic carbocycles. The lowest BCUT2D eigenvalue weighted by Gasteiger charge is -2.34. The van der Waals surface area contributed by atoms with E-state index in [1.165, 1.54) is 0 Å². The fourth-order valence-electron chi connectivity index (χ4n) is 3.90. The van der Waals surface area contributed by atoms with Crippen molar-refractivity contribution in [2.24, 2.45) is 4.76 Å². The fraction of sp³-hybridized carbons (Fsp3) is 0.269. The molecule has 166 valence electrons. The van der Waals surface area contributed by atoms with Gasteiger partial charge in [-0.05, 0) is 56.5 Å². The summed E-state index contributed by atoms with van der Waals surface area (Å²) in [6.45, 7) is 5.95. The molecule has 0 unspecified atom stereocenters. The number of likely N-dealkylation sites (tertiary alicyclic amines) is 1. The van der Waals surface area contributed by atoms with Gasteiger partial charge in [-0.15, -0.1) is 4.76 Å². The van der Waals surface area contributed by atoms with Crippen LogP contribution in [0.25, 0.3) is 0 Å². The number of nitrogens with zero attached hydrogens (tertiary/aromatic N) is 2. The Hall–Kier alpha value is -3.04. The van der Waals surface area contributed by atoms with Crippen molar-refractivity contribution in [1.82, 2.24) is 4.90 Å². The minimum atomic E-state index is -3.94. The van der Waals surface area contributed by atoms with Crippen LogP contribution in [0.4, 0.5) is 0 Å². The summed E-state index contributed by atoms with van der Waals surface area (Å²) in [4.78, 5) is 2.21. The van der Waals surface area contributed by atoms with E-state index in [9.17, 15) is 4.57 Å². The first kappa shape index (κ1) is 22.2. The summed E-state index contributed by atoms with van der Waals surface area (Å²) in [6.07, 6.45) is 2.15. The molecular formula is C26H29N2O3P. The van der Waals surface area contributed by atoms with Crippen LogP contribution in [0, 0.1) is 0 Å². The minimum Gasteiger partial charge on any atom is -0.399 e. The second-order valence-corrected chi connectivity index (χ2v) is 9.89. The Morgan fingerprint density at radius 1 is 0.781 bits per heavy atom. The molecule has 3 aromatic rings. The van der Waals surface area contributed by atoms with Crippen LogP contribution in [-0.4, -0.2) is 23.8 Å². The molecule has 0 radical (unpaired) electrons. The molecule has 1 aliphatic heterocycles. The van der Waals surface area contributed by atoms with Crippen molar-refractivity contribution in [3.05, 3.63) is 96.6 Å². The molecule has 1 saturated heterocycles. The van der Waals surface area contributed by atoms with Crippen molar-refractivity contribution in [2.75, 3.05) is 13.1 Å². The molecule has 1 heterocycles. The predicted molar refractivity (Wildman–Crippen MR) is 129 cm³/mol. The number of hydrogen-bond donors (Lipinski definition) is 0. The van der Waals surface area contributed by atoms with Gasteiger partial charge in [-0.1, -0.05) is 66.7 Å². The van der Waals surface area contributed by atoms with Crippen molar-refractivity contribution in [2.45, 2.75) is 32.1 Å². The Kier molecular flexibility index (Phi) is 6.66. The summed E-state index contributed by atoms with van der Waals surface area (Å²) in [7, 11) is -3.94. The van der Waals surface area contributed by atoms with Gasteiger partial charge in [-0.2, -0.15) is 0 Å². The van der Waals surface area contributed by atoms with Gasteiger partial charge < -0.3 is 13.9 Å². The van der Waals surface area contributed by atoms with Gasteiger partial charge in [0.15, 0.2) is 0 Å². The van der Waals surface area contributed by atoms with E-state index in [2.05, 4.69) is 30.9 Å². The van der Waals surface area contributed by atoms with E-state index in [4.69, 9.17) is 13.8 Å². The Labute approximate surface area is 190 Å². The van der Waals surface area contributed by atoms with E-state index in [0.717, 1.165) is 37.3 Å². The lowest BCUT2D eigenvalue weighted by atomic mass is 9.83. The molecule has 6 heteroatoms. The van der Waals surface area contributed by atoms with Crippen molar-refractivity contribution in [1.29, 1.82) is 0 Å². The molecular weight excluding hydrogens is 419 g/mol. The molecule has 0 bridgehead atoms. The molecule has 0 aromatic heterocycles. The predicted octanol–water partition coefficient (Wildman–Crippen LogP) is 6.72. The topological polar surface area (TPSA) is 51.1 Å². The highest BCUT2D eigenvalue weighted by atomic mass is 31.2. The highest BCUT2D eigenvalue weighted by molar-refractivity contribution is 7.53. The number of hydrogen-bond acceptors (Lipinski definition) is 3. The molecule has 1 aliphatic rings. The van der Waals surface area contributed by atoms with Crippen LogP contribution in [0.15, 0.2) is 95.8 Å². The SMILES string of the molecule is CC(C)(C(=NP(=O)(Oc1ccccc1)Oc1ccccc1)N1CCCC1)c1ccccc1. The van der Waals surface area contributed by atoms with Crippen molar-refractivity contribution in [3.8, 4) is 11.5 Å². The lowest BCUT2D eigenvalue weighted by molar-refractivity contribution is 0.384. The van der Waals surface area contributed by atoms with Crippen LogP contribution in [0.2, 0.25) is 0 Å². The van der Waals surface area contributed by atoms with E-state index in [0.29, 0.717) is 11.5 Å². The lowest BCUT2D eigenvalue weighted by Crippen LogP contribution is -2.42. The average Bonchev–Trinajstić information content (AvgIpc) is 3.34. The van der Waals surface area contributed by atoms with E-state index in [-0.39, 0.29) is 0 Å². The summed E-state index contributed by atoms with van der Waals surface area (Å²) in [5.74, 6) is 1.62. The van der Waals surface area contributed by atoms with Crippen molar-refractivity contribution >= 4 is 13.6 Å². The van der Waals surface area contributed by atoms with Crippen LogP contribution in [-0.2, 0) is 9.98 Å². The zero-order valence-corrected chi connectivity index (χ0v) is 19.4. The molecule has 0 atom stereocenters. The molecule has 0 spiro atoms. The molecule has 0 aliphatic carbocycles. The first-order chi connectivity index (χ1) is 15.5. The van der Waals surface area contributed by atoms with Crippen LogP contribution in [0.3, 0.4) is 0 Å². The zero-order valence-electron chi connectivity index (χ0n) is 18.6. The Balaban J connectivity index is 1.80. The smallest absolute Gasteiger partial charge is 0.399 e. The summed E-state index contributed by atoms with van der Waals surface area (Å²) < 4.78 is 30.8. The summed E-state index contributed by atoms with van der Waals surface area (Å²) in [5.41, 5.74) is 0.609. The standard InChI is InChI=1S/C26H29N2O3P/c1-26(2,22-14-6-3-7-15-22)25(28-20-12-13-21-28)27-32(29,30-23-16-8-4-9-17-23)31-24-18-10-5-11-19-24/h3-11,14-19H,12-13,20-21H2,1-2H3. The van der Waals surface area contributed by atoms with Gasteiger partial charge in [-0.25, -0.2) is 4.57 Å². The number of amidine groups is 1. The molecule has 5 nitrogen and oxygen atoms in total. The Morgan fingerprint density at radius 3 is 1.69 bits per heavy atom. The average molecular weight is 449 g/mol. The number of benzene rings is 3. The van der Waals surface area contributed by atoms with Gasteiger partial charge in [0.05, 0.1) is 0 Å². The molecule has 0 amide bonds. The highest BCUT2D eigenvalue weighted by Gasteiger charge is 2.38. The maximum absolute atomic E-state index is 14.1. The minimum absolute atomic E-state index is 0.453. The molecule has 32 heavy (non-hydrogen) atoms. The van der Waals surface area contributed by atoms with Crippen LogP contribution in [0.5, 0.6) is 11.5 Å². The molecule has 1 fully saturated rings. The van der Waals surface area contributed by atoms with Crippen molar-refractivity contribution in [3.63, 3.8) is 0 Å². The zero-order chi connectivity index (χ0) is 22.4. The fourth-order valence-corrected chi connectivity index (χ4v) is 5.40. The third kappa shape index (κ3) is 5.23. The van der Waals surface area contributed by atoms with Crippen molar-refractivity contribution < 1.29 is 13.6 Å². The van der Waals surface area contributed by atoms with Crippen LogP contribution in [0.1, 0.15) is 32.3 Å². The second-order valence-electron chi connectivity index (χ2n) is 8.39. The quantitative estimate of drug-likeness (QED) is 0.229. The van der Waals surface area contributed by atoms with Gasteiger partial charge in [0.2, 0.25) is 0 Å². The monoisotopic (exact) mass is 448 g/mol. The third-order valence-corrected chi connectivity index (χ3v) is 6.92. The van der Waals surface area contributed by atoms with Gasteiger partial charge in [0.25, 0.3) is 0 Å². The third-order valence-electron chi connectivity index (χ3n) is 5.61. The van der Waals surface area contributed by atoms with Gasteiger partial charge in [0, 0.05) is 18.5 Å². The first-order valence-corrected chi connectivity index (χ1v) is 12.5. The second kappa shape index (κ2) is 9.62. The van der Waals surface area contributed by atoms with E-state index in [1.807, 2.05) is 54.6 Å². The van der Waals surface area contributed by atoms with Gasteiger partial charge in [-0.3, -0.25) is 0 Å². The summed E-state index contributed by atoms with van der Waals surface area (Å²) in [6, 6.07) is 28.3. The Morgan fingerprint density at radius 2 is 1.22 bits per heavy atom.